The summed E-state index contributed by atoms with van der Waals surface area (Å²) in [5.41, 5.74) is 2.25. The molecule has 4 nitrogen and oxygen atoms in total. The number of aromatic carboxylic acids is 1. The lowest BCUT2D eigenvalue weighted by molar-refractivity contribution is -0.237. The number of benzene rings is 1. The molecule has 4 heteroatoms. The van der Waals surface area contributed by atoms with Gasteiger partial charge in [-0.15, -0.1) is 0 Å². The Morgan fingerprint density at radius 1 is 0.971 bits per heavy atom. The van der Waals surface area contributed by atoms with Crippen molar-refractivity contribution in [2.75, 3.05) is 6.61 Å². The Morgan fingerprint density at radius 3 is 2.21 bits per heavy atom. The maximum atomic E-state index is 11.8. The lowest BCUT2D eigenvalue weighted by Gasteiger charge is -2.35. The molecule has 0 bridgehead atoms. The lowest BCUT2D eigenvalue weighted by Crippen LogP contribution is -2.34. The van der Waals surface area contributed by atoms with Crippen molar-refractivity contribution < 1.29 is 19.4 Å². The van der Waals surface area contributed by atoms with E-state index in [0.29, 0.717) is 18.1 Å². The largest absolute Gasteiger partial charge is 0.478 e. The van der Waals surface area contributed by atoms with E-state index in [-0.39, 0.29) is 12.0 Å². The number of ether oxygens (including phenoxy) is 2. The summed E-state index contributed by atoms with van der Waals surface area (Å²) in [7, 11) is 0. The van der Waals surface area contributed by atoms with Gasteiger partial charge in [-0.2, -0.15) is 0 Å². The van der Waals surface area contributed by atoms with Crippen LogP contribution in [0.1, 0.15) is 151 Å². The number of carboxylic acids is 1. The molecule has 4 atom stereocenters. The highest BCUT2D eigenvalue weighted by atomic mass is 16.7. The summed E-state index contributed by atoms with van der Waals surface area (Å²) in [6, 6.07) is 5.62. The third-order valence-electron chi connectivity index (χ3n) is 7.49. The monoisotopic (exact) mass is 474 g/mol. The molecule has 1 aliphatic rings. The predicted octanol–water partition coefficient (Wildman–Crippen LogP) is 9.04. The molecular formula is C30H50O4. The van der Waals surface area contributed by atoms with Gasteiger partial charge in [-0.1, -0.05) is 104 Å². The topological polar surface area (TPSA) is 55.8 Å². The maximum absolute atomic E-state index is 11.8. The highest BCUT2D eigenvalue weighted by Crippen LogP contribution is 2.34. The van der Waals surface area contributed by atoms with Crippen molar-refractivity contribution in [3.63, 3.8) is 0 Å². The third-order valence-corrected chi connectivity index (χ3v) is 7.49. The van der Waals surface area contributed by atoms with E-state index in [1.807, 2.05) is 12.1 Å². The molecule has 34 heavy (non-hydrogen) atoms. The van der Waals surface area contributed by atoms with Gasteiger partial charge < -0.3 is 14.6 Å². The Balaban J connectivity index is 1.86. The smallest absolute Gasteiger partial charge is 0.335 e. The van der Waals surface area contributed by atoms with Gasteiger partial charge in [-0.05, 0) is 43.4 Å². The van der Waals surface area contributed by atoms with E-state index in [4.69, 9.17) is 9.47 Å². The molecule has 1 aromatic rings. The van der Waals surface area contributed by atoms with Gasteiger partial charge in [0.15, 0.2) is 6.29 Å². The highest BCUT2D eigenvalue weighted by Gasteiger charge is 2.30. The number of carbonyl (C=O) groups is 1. The molecule has 2 rings (SSSR count). The number of unbranched alkanes of at least 4 members (excludes halogenated alkanes) is 10. The minimum absolute atomic E-state index is 0.150. The number of hydrogen-bond acceptors (Lipinski definition) is 3. The predicted molar refractivity (Wildman–Crippen MR) is 141 cm³/mol. The average molecular weight is 475 g/mol. The van der Waals surface area contributed by atoms with Crippen molar-refractivity contribution >= 4 is 5.97 Å². The van der Waals surface area contributed by atoms with Crippen LogP contribution in [0.25, 0.3) is 0 Å². The molecule has 1 N–H and O–H groups in total. The third kappa shape index (κ3) is 9.70. The van der Waals surface area contributed by atoms with Gasteiger partial charge in [0, 0.05) is 11.5 Å². The Labute approximate surface area is 208 Å². The van der Waals surface area contributed by atoms with E-state index < -0.39 is 12.3 Å². The molecule has 0 aliphatic carbocycles. The van der Waals surface area contributed by atoms with Gasteiger partial charge in [0.05, 0.1) is 18.3 Å². The zero-order valence-electron chi connectivity index (χ0n) is 22.3. The molecule has 194 valence electrons. The molecule has 1 heterocycles. The molecule has 0 amide bonds. The normalized spacial score (nSPS) is 21.5. The van der Waals surface area contributed by atoms with E-state index in [1.54, 1.807) is 6.07 Å². The van der Waals surface area contributed by atoms with E-state index in [1.165, 1.54) is 70.6 Å². The van der Waals surface area contributed by atoms with E-state index in [0.717, 1.165) is 30.4 Å². The Hall–Kier alpha value is -1.39. The van der Waals surface area contributed by atoms with Gasteiger partial charge >= 0.3 is 5.97 Å². The van der Waals surface area contributed by atoms with Crippen molar-refractivity contribution in [2.24, 2.45) is 5.92 Å². The molecule has 1 aliphatic heterocycles. The summed E-state index contributed by atoms with van der Waals surface area (Å²) in [4.78, 5) is 11.8. The van der Waals surface area contributed by atoms with Crippen LogP contribution < -0.4 is 0 Å². The maximum Gasteiger partial charge on any atom is 0.335 e. The van der Waals surface area contributed by atoms with Crippen LogP contribution in [0.15, 0.2) is 18.2 Å². The SMILES string of the molecule is CCCCCCCCCC[C@H]1CO[C@H](c2ccc(C(=O)O)c([C@H](C)CCCCCC)c2)O[C@@H]1C. The van der Waals surface area contributed by atoms with Crippen LogP contribution in [0.4, 0.5) is 0 Å². The van der Waals surface area contributed by atoms with Crippen molar-refractivity contribution in [3.8, 4) is 0 Å². The Kier molecular flexibility index (Phi) is 13.8. The van der Waals surface area contributed by atoms with E-state index in [9.17, 15) is 9.90 Å². The fourth-order valence-electron chi connectivity index (χ4n) is 5.09. The van der Waals surface area contributed by atoms with E-state index in [2.05, 4.69) is 27.7 Å². The van der Waals surface area contributed by atoms with Crippen LogP contribution in [0.2, 0.25) is 0 Å². The summed E-state index contributed by atoms with van der Waals surface area (Å²) in [6.45, 7) is 9.49. The molecule has 1 fully saturated rings. The van der Waals surface area contributed by atoms with Crippen LogP contribution in [0.5, 0.6) is 0 Å². The summed E-state index contributed by atoms with van der Waals surface area (Å²) < 4.78 is 12.4. The second kappa shape index (κ2) is 16.3. The Morgan fingerprint density at radius 2 is 1.59 bits per heavy atom. The first-order chi connectivity index (χ1) is 16.5. The summed E-state index contributed by atoms with van der Waals surface area (Å²) in [5, 5.41) is 9.71. The minimum atomic E-state index is -0.855. The average Bonchev–Trinajstić information content (AvgIpc) is 2.83. The summed E-state index contributed by atoms with van der Waals surface area (Å²) >= 11 is 0. The molecule has 0 radical (unpaired) electrons. The van der Waals surface area contributed by atoms with Crippen molar-refractivity contribution in [2.45, 2.75) is 136 Å². The first-order valence-corrected chi connectivity index (χ1v) is 14.1. The standard InChI is InChI=1S/C30H50O4/c1-5-7-9-11-12-13-14-16-18-26-22-33-30(34-24(26)4)25-19-20-27(29(31)32)28(21-25)23(3)17-15-10-8-6-2/h19-21,23-24,26,30H,5-18,22H2,1-4H3,(H,31,32)/t23-,24-,26+,30+/m1/s1. The van der Waals surface area contributed by atoms with Crippen LogP contribution in [-0.4, -0.2) is 23.8 Å². The molecule has 0 spiro atoms. The fourth-order valence-corrected chi connectivity index (χ4v) is 5.09. The van der Waals surface area contributed by atoms with Gasteiger partial charge in [-0.3, -0.25) is 0 Å². The highest BCUT2D eigenvalue weighted by molar-refractivity contribution is 5.89. The molecular weight excluding hydrogens is 424 g/mol. The summed E-state index contributed by atoms with van der Waals surface area (Å²) in [5.74, 6) is -0.212. The number of hydrogen-bond donors (Lipinski definition) is 1. The molecule has 1 saturated heterocycles. The van der Waals surface area contributed by atoms with Crippen LogP contribution in [-0.2, 0) is 9.47 Å². The zero-order valence-corrected chi connectivity index (χ0v) is 22.3. The molecule has 0 aromatic heterocycles. The quantitative estimate of drug-likeness (QED) is 0.229. The lowest BCUT2D eigenvalue weighted by atomic mass is 9.89. The first kappa shape index (κ1) is 28.8. The van der Waals surface area contributed by atoms with Gasteiger partial charge in [0.1, 0.15) is 0 Å². The molecule has 0 unspecified atom stereocenters. The van der Waals surface area contributed by atoms with Crippen LogP contribution in [0.3, 0.4) is 0 Å². The van der Waals surface area contributed by atoms with Crippen LogP contribution in [0, 0.1) is 5.92 Å². The number of carboxylic acid groups (broad SMARTS) is 1. The van der Waals surface area contributed by atoms with Crippen molar-refractivity contribution in [1.82, 2.24) is 0 Å². The fraction of sp³-hybridized carbons (Fsp3) is 0.767. The van der Waals surface area contributed by atoms with Gasteiger partial charge in [-0.25, -0.2) is 4.79 Å². The van der Waals surface area contributed by atoms with Gasteiger partial charge in [0.25, 0.3) is 0 Å². The van der Waals surface area contributed by atoms with Crippen molar-refractivity contribution in [1.29, 1.82) is 0 Å². The molecule has 0 saturated carbocycles. The van der Waals surface area contributed by atoms with Gasteiger partial charge in [0.2, 0.25) is 0 Å². The molecule has 1 aromatic carbocycles. The zero-order chi connectivity index (χ0) is 24.8. The van der Waals surface area contributed by atoms with E-state index >= 15 is 0 Å². The Bertz CT molecular complexity index is 701. The minimum Gasteiger partial charge on any atom is -0.478 e. The second-order valence-corrected chi connectivity index (χ2v) is 10.4. The second-order valence-electron chi connectivity index (χ2n) is 10.4. The summed E-state index contributed by atoms with van der Waals surface area (Å²) in [6.07, 6.45) is 17.4. The van der Waals surface area contributed by atoms with Crippen LogP contribution >= 0.6 is 0 Å². The number of rotatable bonds is 17. The van der Waals surface area contributed by atoms with Crippen molar-refractivity contribution in [3.05, 3.63) is 34.9 Å². The first-order valence-electron chi connectivity index (χ1n) is 14.1.